The van der Waals surface area contributed by atoms with Gasteiger partial charge >= 0.3 is 0 Å². The minimum Gasteiger partial charge on any atom is -0.495 e. The number of amidine groups is 1. The number of nitrogens with zero attached hydrogens (tertiary/aromatic N) is 4. The van der Waals surface area contributed by atoms with Crippen LogP contribution in [-0.4, -0.2) is 40.5 Å². The van der Waals surface area contributed by atoms with Gasteiger partial charge in [-0.3, -0.25) is 0 Å². The first-order valence-electron chi connectivity index (χ1n) is 10.4. The lowest BCUT2D eigenvalue weighted by molar-refractivity contribution is -0.0969. The summed E-state index contributed by atoms with van der Waals surface area (Å²) in [5, 5.41) is 4.22. The van der Waals surface area contributed by atoms with Crippen LogP contribution in [0.25, 0.3) is 11.8 Å². The van der Waals surface area contributed by atoms with Gasteiger partial charge in [0.25, 0.3) is 0 Å². The topological polar surface area (TPSA) is 61.1 Å². The predicted molar refractivity (Wildman–Crippen MR) is 118 cm³/mol. The van der Waals surface area contributed by atoms with Gasteiger partial charge in [-0.25, -0.2) is 13.8 Å². The number of benzene rings is 2. The molecule has 1 fully saturated rings. The van der Waals surface area contributed by atoms with Crippen molar-refractivity contribution in [1.29, 1.82) is 0 Å². The van der Waals surface area contributed by atoms with Crippen molar-refractivity contribution in [1.82, 2.24) is 14.5 Å². The summed E-state index contributed by atoms with van der Waals surface area (Å²) in [6.45, 7) is 4.56. The van der Waals surface area contributed by atoms with E-state index in [1.807, 2.05) is 46.9 Å². The Kier molecular flexibility index (Phi) is 5.03. The van der Waals surface area contributed by atoms with Crippen LogP contribution in [0.2, 0.25) is 0 Å². The maximum absolute atomic E-state index is 13.9. The number of ether oxygens (including phenoxy) is 2. The van der Waals surface area contributed by atoms with Crippen LogP contribution in [0.3, 0.4) is 0 Å². The molecule has 2 aliphatic rings. The van der Waals surface area contributed by atoms with Crippen LogP contribution in [0.1, 0.15) is 23.7 Å². The molecule has 0 saturated carbocycles. The summed E-state index contributed by atoms with van der Waals surface area (Å²) >= 11 is 0. The van der Waals surface area contributed by atoms with Crippen LogP contribution in [0, 0.1) is 18.6 Å². The quantitative estimate of drug-likeness (QED) is 0.589. The first-order chi connectivity index (χ1) is 15.9. The molecule has 0 radical (unpaired) electrons. The average molecular weight is 452 g/mol. The van der Waals surface area contributed by atoms with Gasteiger partial charge in [0.05, 0.1) is 31.4 Å². The van der Waals surface area contributed by atoms with E-state index < -0.39 is 17.4 Å². The maximum Gasteiger partial charge on any atom is 0.234 e. The fourth-order valence-corrected chi connectivity index (χ4v) is 4.04. The van der Waals surface area contributed by atoms with E-state index in [1.54, 1.807) is 20.4 Å². The predicted octanol–water partition coefficient (Wildman–Crippen LogP) is 4.36. The van der Waals surface area contributed by atoms with E-state index in [0.29, 0.717) is 36.1 Å². The second-order valence-corrected chi connectivity index (χ2v) is 7.98. The van der Waals surface area contributed by atoms with Crippen LogP contribution in [0.15, 0.2) is 59.8 Å². The Labute approximate surface area is 189 Å². The van der Waals surface area contributed by atoms with Gasteiger partial charge in [0.15, 0.2) is 17.4 Å². The van der Waals surface area contributed by atoms with Crippen molar-refractivity contribution in [2.75, 3.05) is 20.3 Å². The number of morpholine rings is 1. The summed E-state index contributed by atoms with van der Waals surface area (Å²) in [5.74, 6) is -0.171. The van der Waals surface area contributed by atoms with Gasteiger partial charge in [-0.15, -0.1) is 0 Å². The average Bonchev–Trinajstić information content (AvgIpc) is 3.40. The summed E-state index contributed by atoms with van der Waals surface area (Å²) < 4.78 is 40.7. The Balaban J connectivity index is 1.46. The highest BCUT2D eigenvalue weighted by molar-refractivity contribution is 6.01. The van der Waals surface area contributed by atoms with Gasteiger partial charge < -0.3 is 23.8 Å². The Morgan fingerprint density at radius 2 is 2.00 bits per heavy atom. The van der Waals surface area contributed by atoms with Crippen LogP contribution >= 0.6 is 0 Å². The lowest BCUT2D eigenvalue weighted by atomic mass is 10.0. The summed E-state index contributed by atoms with van der Waals surface area (Å²) in [7, 11) is 1.61. The molecule has 1 atom stereocenters. The summed E-state index contributed by atoms with van der Waals surface area (Å²) in [6.07, 6.45) is 5.50. The molecule has 0 aliphatic carbocycles. The highest BCUT2D eigenvalue weighted by atomic mass is 19.2. The van der Waals surface area contributed by atoms with Crippen LogP contribution in [0.5, 0.6) is 5.75 Å². The van der Waals surface area contributed by atoms with Gasteiger partial charge in [0.2, 0.25) is 11.6 Å². The number of fused-ring (bicyclic) bond motifs is 1. The Bertz CT molecular complexity index is 1290. The van der Waals surface area contributed by atoms with E-state index in [-0.39, 0.29) is 0 Å². The first kappa shape index (κ1) is 21.0. The zero-order valence-electron chi connectivity index (χ0n) is 18.4. The molecule has 5 rings (SSSR count). The number of oxime groups is 1. The molecule has 170 valence electrons. The molecule has 7 nitrogen and oxygen atoms in total. The monoisotopic (exact) mass is 452 g/mol. The van der Waals surface area contributed by atoms with Gasteiger partial charge in [0.1, 0.15) is 12.4 Å². The molecule has 2 aliphatic heterocycles. The standard InChI is InChI=1S/C24H22F2N4O3/c1-15-13-29(14-27-15)20-7-4-16(10-21(20)31-3)11-22-23-28-33-24(2,30(23)8-9-32-22)17-5-6-18(25)19(26)12-17/h4-7,10-14H,8-9H2,1-3H3/b22-11-. The maximum atomic E-state index is 13.9. The molecule has 0 N–H and O–H groups in total. The normalized spacial score (nSPS) is 20.8. The molecule has 1 saturated heterocycles. The van der Waals surface area contributed by atoms with Gasteiger partial charge in [-0.05, 0) is 48.9 Å². The smallest absolute Gasteiger partial charge is 0.234 e. The van der Waals surface area contributed by atoms with Crippen molar-refractivity contribution < 1.29 is 23.1 Å². The Morgan fingerprint density at radius 3 is 2.73 bits per heavy atom. The molecular formula is C24H22F2N4O3. The SMILES string of the molecule is COc1cc(/C=C2\OCCN3C2=NOC3(C)c2ccc(F)c(F)c2)ccc1-n1cnc(C)c1. The van der Waals surface area contributed by atoms with Crippen LogP contribution in [0.4, 0.5) is 8.78 Å². The Hall–Kier alpha value is -3.88. The van der Waals surface area contributed by atoms with Crippen molar-refractivity contribution in [2.45, 2.75) is 19.6 Å². The van der Waals surface area contributed by atoms with E-state index >= 15 is 0 Å². The zero-order chi connectivity index (χ0) is 23.2. The zero-order valence-corrected chi connectivity index (χ0v) is 18.4. The fourth-order valence-electron chi connectivity index (χ4n) is 4.04. The Morgan fingerprint density at radius 1 is 1.15 bits per heavy atom. The highest BCUT2D eigenvalue weighted by Crippen LogP contribution is 2.39. The van der Waals surface area contributed by atoms with Crippen molar-refractivity contribution in [2.24, 2.45) is 5.16 Å². The molecule has 1 aromatic heterocycles. The number of aromatic nitrogens is 2. The van der Waals surface area contributed by atoms with Gasteiger partial charge in [0, 0.05) is 18.7 Å². The lowest BCUT2D eigenvalue weighted by Crippen LogP contribution is -2.49. The minimum atomic E-state index is -1.08. The van der Waals surface area contributed by atoms with Gasteiger partial charge in [-0.2, -0.15) is 0 Å². The van der Waals surface area contributed by atoms with E-state index in [9.17, 15) is 8.78 Å². The van der Waals surface area contributed by atoms with Gasteiger partial charge in [-0.1, -0.05) is 11.2 Å². The number of rotatable bonds is 4. The fraction of sp³-hybridized carbons (Fsp3) is 0.250. The molecule has 33 heavy (non-hydrogen) atoms. The van der Waals surface area contributed by atoms with Crippen molar-refractivity contribution in [3.8, 4) is 11.4 Å². The molecule has 0 spiro atoms. The highest BCUT2D eigenvalue weighted by Gasteiger charge is 2.47. The number of halogens is 2. The van der Waals surface area contributed by atoms with E-state index in [2.05, 4.69) is 10.1 Å². The molecule has 3 heterocycles. The minimum absolute atomic E-state index is 0.386. The second kappa shape index (κ2) is 7.91. The first-order valence-corrected chi connectivity index (χ1v) is 10.4. The van der Waals surface area contributed by atoms with E-state index in [1.165, 1.54) is 6.07 Å². The summed E-state index contributed by atoms with van der Waals surface area (Å²) in [4.78, 5) is 11.9. The molecule has 9 heteroatoms. The van der Waals surface area contributed by atoms with Crippen LogP contribution < -0.4 is 4.74 Å². The summed E-state index contributed by atoms with van der Waals surface area (Å²) in [6, 6.07) is 9.48. The molecule has 3 aromatic rings. The number of hydrogen-bond donors (Lipinski definition) is 0. The van der Waals surface area contributed by atoms with Crippen molar-refractivity contribution in [3.05, 3.63) is 83.1 Å². The third kappa shape index (κ3) is 3.59. The lowest BCUT2D eigenvalue weighted by Gasteiger charge is -2.37. The molecular weight excluding hydrogens is 430 g/mol. The number of imidazole rings is 1. The van der Waals surface area contributed by atoms with Crippen molar-refractivity contribution in [3.63, 3.8) is 0 Å². The molecule has 0 amide bonds. The van der Waals surface area contributed by atoms with Crippen molar-refractivity contribution >= 4 is 11.9 Å². The molecule has 1 unspecified atom stereocenters. The number of methoxy groups -OCH3 is 1. The largest absolute Gasteiger partial charge is 0.495 e. The summed E-state index contributed by atoms with van der Waals surface area (Å²) in [5.41, 5.74) is 1.99. The molecule has 0 bridgehead atoms. The second-order valence-electron chi connectivity index (χ2n) is 7.98. The van der Waals surface area contributed by atoms with E-state index in [4.69, 9.17) is 14.3 Å². The molecule has 2 aromatic carbocycles. The third-order valence-electron chi connectivity index (χ3n) is 5.82. The number of aryl methyl sites for hydroxylation is 1. The van der Waals surface area contributed by atoms with E-state index in [0.717, 1.165) is 29.1 Å². The third-order valence-corrected chi connectivity index (χ3v) is 5.82. The number of hydrogen-bond acceptors (Lipinski definition) is 6. The van der Waals surface area contributed by atoms with Crippen LogP contribution in [-0.2, 0) is 15.3 Å².